The van der Waals surface area contributed by atoms with Crippen LogP contribution >= 0.6 is 11.3 Å². The number of nitro groups is 1. The molecule has 1 amide bonds. The number of nitro benzene ring substituents is 1. The predicted molar refractivity (Wildman–Crippen MR) is 129 cm³/mol. The maximum Gasteiger partial charge on any atom is 0.269 e. The molecule has 1 unspecified atom stereocenters. The monoisotopic (exact) mass is 455 g/mol. The molecule has 1 aromatic heterocycles. The molecule has 1 aliphatic rings. The maximum absolute atomic E-state index is 13.0. The average Bonchev–Trinajstić information content (AvgIpc) is 3.40. The van der Waals surface area contributed by atoms with Crippen LogP contribution in [0.3, 0.4) is 0 Å². The first kappa shape index (κ1) is 20.5. The summed E-state index contributed by atoms with van der Waals surface area (Å²) in [7, 11) is 0. The average molecular weight is 455 g/mol. The van der Waals surface area contributed by atoms with E-state index in [2.05, 4.69) is 10.3 Å². The van der Waals surface area contributed by atoms with Crippen molar-refractivity contribution in [3.8, 4) is 11.3 Å². The van der Waals surface area contributed by atoms with Crippen LogP contribution in [0.25, 0.3) is 11.3 Å². The first-order valence-electron chi connectivity index (χ1n) is 10.0. The number of hydrogen-bond acceptors (Lipinski definition) is 7. The van der Waals surface area contributed by atoms with E-state index in [4.69, 9.17) is 10.7 Å². The molecule has 0 spiro atoms. The first-order valence-corrected chi connectivity index (χ1v) is 10.9. The Morgan fingerprint density at radius 1 is 1.09 bits per heavy atom. The Labute approximate surface area is 192 Å². The smallest absolute Gasteiger partial charge is 0.269 e. The molecule has 33 heavy (non-hydrogen) atoms. The van der Waals surface area contributed by atoms with Crippen LogP contribution in [-0.2, 0) is 4.79 Å². The van der Waals surface area contributed by atoms with Gasteiger partial charge >= 0.3 is 0 Å². The molecule has 162 valence electrons. The fourth-order valence-electron chi connectivity index (χ4n) is 3.80. The maximum atomic E-state index is 13.0. The highest BCUT2D eigenvalue weighted by atomic mass is 32.1. The van der Waals surface area contributed by atoms with Gasteiger partial charge in [-0.2, -0.15) is 0 Å². The van der Waals surface area contributed by atoms with Gasteiger partial charge in [0.2, 0.25) is 5.91 Å². The minimum absolute atomic E-state index is 0.0745. The van der Waals surface area contributed by atoms with Crippen molar-refractivity contribution in [1.82, 2.24) is 4.98 Å². The number of carbonyl (C=O) groups is 1. The molecule has 1 atom stereocenters. The van der Waals surface area contributed by atoms with Crippen LogP contribution in [0.1, 0.15) is 17.0 Å². The fourth-order valence-corrected chi connectivity index (χ4v) is 4.38. The molecule has 0 saturated heterocycles. The SMILES string of the molecule is Nc1nc(-c2ccc(N=C(c3ccccc3)C3C(=O)Nc4ccc([N+](=O)[O-])cc43)cc2)cs1. The molecule has 1 aliphatic heterocycles. The number of rotatable bonds is 5. The third-order valence-corrected chi connectivity index (χ3v) is 6.03. The topological polar surface area (TPSA) is 124 Å². The molecule has 0 saturated carbocycles. The van der Waals surface area contributed by atoms with Gasteiger partial charge < -0.3 is 11.1 Å². The number of non-ortho nitro benzene ring substituents is 1. The van der Waals surface area contributed by atoms with Crippen molar-refractivity contribution in [1.29, 1.82) is 0 Å². The molecule has 4 aromatic rings. The van der Waals surface area contributed by atoms with Crippen LogP contribution < -0.4 is 11.1 Å². The molecule has 3 N–H and O–H groups in total. The quantitative estimate of drug-likeness (QED) is 0.244. The second kappa shape index (κ2) is 8.29. The summed E-state index contributed by atoms with van der Waals surface area (Å²) in [5.41, 5.74) is 10.3. The van der Waals surface area contributed by atoms with Crippen LogP contribution in [0.5, 0.6) is 0 Å². The summed E-state index contributed by atoms with van der Waals surface area (Å²) in [6.07, 6.45) is 0. The van der Waals surface area contributed by atoms with Crippen LogP contribution in [-0.4, -0.2) is 21.5 Å². The summed E-state index contributed by atoms with van der Waals surface area (Å²) in [6.45, 7) is 0. The van der Waals surface area contributed by atoms with E-state index in [0.717, 1.165) is 16.8 Å². The largest absolute Gasteiger partial charge is 0.375 e. The lowest BCUT2D eigenvalue weighted by atomic mass is 9.90. The number of thiazole rings is 1. The van der Waals surface area contributed by atoms with Crippen LogP contribution in [0.4, 0.5) is 22.2 Å². The number of fused-ring (bicyclic) bond motifs is 1. The third-order valence-electron chi connectivity index (χ3n) is 5.35. The lowest BCUT2D eigenvalue weighted by Gasteiger charge is -2.14. The minimum atomic E-state index is -0.777. The highest BCUT2D eigenvalue weighted by Crippen LogP contribution is 2.38. The number of nitrogens with zero attached hydrogens (tertiary/aromatic N) is 3. The van der Waals surface area contributed by atoms with E-state index in [9.17, 15) is 14.9 Å². The number of nitrogen functional groups attached to an aromatic ring is 1. The van der Waals surface area contributed by atoms with Crippen molar-refractivity contribution in [2.75, 3.05) is 11.1 Å². The minimum Gasteiger partial charge on any atom is -0.375 e. The molecule has 0 aliphatic carbocycles. The zero-order valence-electron chi connectivity index (χ0n) is 17.1. The molecule has 0 radical (unpaired) electrons. The second-order valence-electron chi connectivity index (χ2n) is 7.43. The number of benzene rings is 3. The van der Waals surface area contributed by atoms with Crippen molar-refractivity contribution >= 4 is 45.1 Å². The Hall–Kier alpha value is -4.37. The number of anilines is 2. The van der Waals surface area contributed by atoms with E-state index in [1.54, 1.807) is 6.07 Å². The summed E-state index contributed by atoms with van der Waals surface area (Å²) >= 11 is 1.37. The number of hydrogen-bond donors (Lipinski definition) is 2. The van der Waals surface area contributed by atoms with Crippen molar-refractivity contribution < 1.29 is 9.72 Å². The van der Waals surface area contributed by atoms with Gasteiger partial charge in [-0.15, -0.1) is 11.3 Å². The van der Waals surface area contributed by atoms with Crippen LogP contribution in [0.2, 0.25) is 0 Å². The van der Waals surface area contributed by atoms with Crippen LogP contribution in [0.15, 0.2) is 83.2 Å². The molecule has 0 bridgehead atoms. The van der Waals surface area contributed by atoms with E-state index in [-0.39, 0.29) is 11.6 Å². The highest BCUT2D eigenvalue weighted by Gasteiger charge is 2.36. The Kier molecular flexibility index (Phi) is 5.15. The summed E-state index contributed by atoms with van der Waals surface area (Å²) < 4.78 is 0. The summed E-state index contributed by atoms with van der Waals surface area (Å²) in [5, 5.41) is 16.5. The van der Waals surface area contributed by atoms with E-state index in [1.807, 2.05) is 60.0 Å². The molecule has 9 heteroatoms. The molecule has 0 fully saturated rings. The molecular formula is C24H17N5O3S. The van der Waals surface area contributed by atoms with Gasteiger partial charge in [-0.1, -0.05) is 42.5 Å². The Bertz CT molecular complexity index is 1400. The van der Waals surface area contributed by atoms with Gasteiger partial charge in [0.1, 0.15) is 5.92 Å². The van der Waals surface area contributed by atoms with E-state index < -0.39 is 10.8 Å². The van der Waals surface area contributed by atoms with Gasteiger partial charge in [0.25, 0.3) is 5.69 Å². The van der Waals surface area contributed by atoms with Crippen molar-refractivity contribution in [2.45, 2.75) is 5.92 Å². The normalized spacial score (nSPS) is 15.2. The van der Waals surface area contributed by atoms with Crippen molar-refractivity contribution in [3.05, 3.63) is 99.4 Å². The number of aliphatic imine (C=N–C) groups is 1. The van der Waals surface area contributed by atoms with Crippen molar-refractivity contribution in [2.24, 2.45) is 4.99 Å². The number of carbonyl (C=O) groups excluding carboxylic acids is 1. The summed E-state index contributed by atoms with van der Waals surface area (Å²) in [5.74, 6) is -1.05. The second-order valence-corrected chi connectivity index (χ2v) is 8.32. The standard InChI is InChI=1S/C24H17N5O3S/c25-24-28-20(13-33-24)14-6-8-16(9-7-14)26-22(15-4-2-1-3-5-15)21-18-12-17(29(31)32)10-11-19(18)27-23(21)30/h1-13,21H,(H2,25,28)(H,27,30). The van der Waals surface area contributed by atoms with Gasteiger partial charge in [0.05, 0.1) is 22.0 Å². The van der Waals surface area contributed by atoms with Gasteiger partial charge in [-0.25, -0.2) is 4.98 Å². The number of nitrogens with two attached hydrogens (primary N) is 1. The first-order chi connectivity index (χ1) is 16.0. The zero-order chi connectivity index (χ0) is 22.9. The van der Waals surface area contributed by atoms with E-state index >= 15 is 0 Å². The van der Waals surface area contributed by atoms with Gasteiger partial charge in [0.15, 0.2) is 5.13 Å². The Morgan fingerprint density at radius 2 is 1.85 bits per heavy atom. The highest BCUT2D eigenvalue weighted by molar-refractivity contribution is 7.13. The number of nitrogens with one attached hydrogen (secondary N) is 1. The zero-order valence-corrected chi connectivity index (χ0v) is 18.0. The van der Waals surface area contributed by atoms with Crippen molar-refractivity contribution in [3.63, 3.8) is 0 Å². The van der Waals surface area contributed by atoms with Crippen LogP contribution in [0, 0.1) is 10.1 Å². The molecule has 5 rings (SSSR count). The Morgan fingerprint density at radius 3 is 2.52 bits per heavy atom. The third kappa shape index (κ3) is 3.97. The lowest BCUT2D eigenvalue weighted by Crippen LogP contribution is -2.22. The molecule has 8 nitrogen and oxygen atoms in total. The van der Waals surface area contributed by atoms with E-state index in [0.29, 0.717) is 27.8 Å². The van der Waals surface area contributed by atoms with Gasteiger partial charge in [-0.05, 0) is 23.8 Å². The number of aromatic nitrogens is 1. The summed E-state index contributed by atoms with van der Waals surface area (Å²) in [4.78, 5) is 32.9. The van der Waals surface area contributed by atoms with Gasteiger partial charge in [0, 0.05) is 34.3 Å². The molecule has 3 aromatic carbocycles. The summed E-state index contributed by atoms with van der Waals surface area (Å²) in [6, 6.07) is 21.2. The predicted octanol–water partition coefficient (Wildman–Crippen LogP) is 5.16. The van der Waals surface area contributed by atoms with Gasteiger partial charge in [-0.3, -0.25) is 19.9 Å². The Balaban J connectivity index is 1.60. The lowest BCUT2D eigenvalue weighted by molar-refractivity contribution is -0.384. The molecular weight excluding hydrogens is 438 g/mol. The fraction of sp³-hybridized carbons (Fsp3) is 0.0417. The molecule has 2 heterocycles. The van der Waals surface area contributed by atoms with E-state index in [1.165, 1.54) is 23.5 Å². The number of amides is 1.